The van der Waals surface area contributed by atoms with Crippen LogP contribution in [0, 0.1) is 11.8 Å². The topological polar surface area (TPSA) is 64.5 Å². The highest BCUT2D eigenvalue weighted by Gasteiger charge is 2.44. The van der Waals surface area contributed by atoms with Crippen LogP contribution in [0.4, 0.5) is 4.79 Å². The van der Waals surface area contributed by atoms with Crippen molar-refractivity contribution in [1.29, 1.82) is 0 Å². The van der Waals surface area contributed by atoms with Crippen LogP contribution in [0.5, 0.6) is 5.88 Å². The number of halogens is 1. The first-order valence-corrected chi connectivity index (χ1v) is 8.32. The van der Waals surface area contributed by atoms with Crippen LogP contribution in [0.15, 0.2) is 12.1 Å². The monoisotopic (exact) mass is 339 g/mol. The molecule has 1 saturated carbocycles. The maximum absolute atomic E-state index is 12.1. The quantitative estimate of drug-likeness (QED) is 0.828. The third-order valence-corrected chi connectivity index (χ3v) is 4.46. The van der Waals surface area contributed by atoms with Gasteiger partial charge in [-0.15, -0.1) is 10.2 Å². The van der Waals surface area contributed by atoms with Gasteiger partial charge < -0.3 is 14.4 Å². The van der Waals surface area contributed by atoms with E-state index in [-0.39, 0.29) is 12.2 Å². The van der Waals surface area contributed by atoms with Crippen molar-refractivity contribution in [2.45, 2.75) is 45.3 Å². The van der Waals surface area contributed by atoms with E-state index in [1.165, 1.54) is 0 Å². The third-order valence-electron chi connectivity index (χ3n) is 4.25. The van der Waals surface area contributed by atoms with Gasteiger partial charge in [-0.2, -0.15) is 0 Å². The molecule has 6 nitrogen and oxygen atoms in total. The fraction of sp³-hybridized carbons (Fsp3) is 0.688. The molecule has 2 fully saturated rings. The molecule has 0 bridgehead atoms. The summed E-state index contributed by atoms with van der Waals surface area (Å²) >= 11 is 5.72. The van der Waals surface area contributed by atoms with Crippen molar-refractivity contribution in [3.8, 4) is 5.88 Å². The summed E-state index contributed by atoms with van der Waals surface area (Å²) in [5, 5.41) is 8.07. The molecule has 1 aliphatic heterocycles. The molecule has 23 heavy (non-hydrogen) atoms. The molecule has 1 saturated heterocycles. The maximum Gasteiger partial charge on any atom is 0.410 e. The van der Waals surface area contributed by atoms with Crippen LogP contribution in [0.25, 0.3) is 0 Å². The van der Waals surface area contributed by atoms with Crippen molar-refractivity contribution in [3.05, 3.63) is 17.3 Å². The first-order chi connectivity index (χ1) is 10.8. The minimum absolute atomic E-state index is 0.126. The Bertz CT molecular complexity index is 559. The van der Waals surface area contributed by atoms with E-state index >= 15 is 0 Å². The number of hydrogen-bond donors (Lipinski definition) is 0. The molecule has 1 aliphatic carbocycles. The number of nitrogens with zero attached hydrogens (tertiary/aromatic N) is 3. The predicted molar refractivity (Wildman–Crippen MR) is 85.5 cm³/mol. The summed E-state index contributed by atoms with van der Waals surface area (Å²) in [5.41, 5.74) is -0.451. The molecule has 1 aromatic heterocycles. The molecule has 3 atom stereocenters. The van der Waals surface area contributed by atoms with E-state index in [9.17, 15) is 4.79 Å². The molecule has 1 amide bonds. The van der Waals surface area contributed by atoms with Gasteiger partial charge in [-0.05, 0) is 51.5 Å². The number of fused-ring (bicyclic) bond motifs is 1. The van der Waals surface area contributed by atoms with Crippen molar-refractivity contribution in [2.75, 3.05) is 13.1 Å². The van der Waals surface area contributed by atoms with Gasteiger partial charge in [0.1, 0.15) is 11.7 Å². The van der Waals surface area contributed by atoms with E-state index in [0.29, 0.717) is 22.9 Å². The Morgan fingerprint density at radius 1 is 1.22 bits per heavy atom. The maximum atomic E-state index is 12.1. The number of aromatic nitrogens is 2. The van der Waals surface area contributed by atoms with E-state index in [1.807, 2.05) is 25.7 Å². The molecule has 2 aliphatic rings. The zero-order valence-electron chi connectivity index (χ0n) is 13.7. The first kappa shape index (κ1) is 16.3. The lowest BCUT2D eigenvalue weighted by Gasteiger charge is -2.25. The van der Waals surface area contributed by atoms with E-state index < -0.39 is 5.60 Å². The zero-order chi connectivity index (χ0) is 16.6. The van der Waals surface area contributed by atoms with Crippen LogP contribution < -0.4 is 4.74 Å². The van der Waals surface area contributed by atoms with Crippen molar-refractivity contribution in [1.82, 2.24) is 15.1 Å². The number of carbonyl (C=O) groups excluding carboxylic acids is 1. The normalized spacial score (nSPS) is 27.0. The average Bonchev–Trinajstić information content (AvgIpc) is 2.97. The molecule has 0 spiro atoms. The summed E-state index contributed by atoms with van der Waals surface area (Å²) in [4.78, 5) is 14.0. The standard InChI is InChI=1S/C16H22ClN3O3/c1-16(2,3)23-15(21)20-8-10-6-12(7-11(10)9-20)22-14-5-4-13(17)18-19-14/h4-5,10-12H,6-9H2,1-3H3/t10-,11?,12?/m1/s1. The first-order valence-electron chi connectivity index (χ1n) is 7.94. The number of hydrogen-bond acceptors (Lipinski definition) is 5. The number of ether oxygens (including phenoxy) is 2. The Labute approximate surface area is 141 Å². The summed E-state index contributed by atoms with van der Waals surface area (Å²) in [6.45, 7) is 7.15. The Morgan fingerprint density at radius 3 is 2.39 bits per heavy atom. The van der Waals surface area contributed by atoms with Crippen molar-refractivity contribution in [3.63, 3.8) is 0 Å². The number of amides is 1. The van der Waals surface area contributed by atoms with Crippen LogP contribution in [0.3, 0.4) is 0 Å². The lowest BCUT2D eigenvalue weighted by Crippen LogP contribution is -2.36. The molecule has 0 aromatic carbocycles. The van der Waals surface area contributed by atoms with E-state index in [1.54, 1.807) is 12.1 Å². The summed E-state index contributed by atoms with van der Waals surface area (Å²) in [6.07, 6.45) is 1.76. The molecule has 0 radical (unpaired) electrons. The molecule has 7 heteroatoms. The van der Waals surface area contributed by atoms with Gasteiger partial charge in [0.25, 0.3) is 0 Å². The average molecular weight is 340 g/mol. The predicted octanol–water partition coefficient (Wildman–Crippen LogP) is 3.15. The largest absolute Gasteiger partial charge is 0.473 e. The Balaban J connectivity index is 1.51. The summed E-state index contributed by atoms with van der Waals surface area (Å²) in [6, 6.07) is 3.40. The van der Waals surface area contributed by atoms with Crippen LogP contribution in [-0.2, 0) is 4.74 Å². The Hall–Kier alpha value is -1.56. The van der Waals surface area contributed by atoms with Crippen molar-refractivity contribution < 1.29 is 14.3 Å². The van der Waals surface area contributed by atoms with Gasteiger partial charge in [-0.3, -0.25) is 0 Å². The van der Waals surface area contributed by atoms with Gasteiger partial charge in [-0.25, -0.2) is 4.79 Å². The number of rotatable bonds is 2. The van der Waals surface area contributed by atoms with E-state index in [4.69, 9.17) is 21.1 Å². The van der Waals surface area contributed by atoms with Crippen LogP contribution in [0.2, 0.25) is 5.15 Å². The lowest BCUT2D eigenvalue weighted by atomic mass is 10.0. The highest BCUT2D eigenvalue weighted by Crippen LogP contribution is 2.39. The van der Waals surface area contributed by atoms with Crippen molar-refractivity contribution >= 4 is 17.7 Å². The SMILES string of the molecule is CC(C)(C)OC(=O)N1CC2CC(Oc3ccc(Cl)nn3)C[C@@H]2C1. The molecule has 3 rings (SSSR count). The van der Waals surface area contributed by atoms with Gasteiger partial charge in [0.05, 0.1) is 0 Å². The molecule has 2 unspecified atom stereocenters. The summed E-state index contributed by atoms with van der Waals surface area (Å²) in [7, 11) is 0. The van der Waals surface area contributed by atoms with Crippen LogP contribution in [0.1, 0.15) is 33.6 Å². The van der Waals surface area contributed by atoms with E-state index in [0.717, 1.165) is 25.9 Å². The summed E-state index contributed by atoms with van der Waals surface area (Å²) in [5.74, 6) is 1.43. The highest BCUT2D eigenvalue weighted by atomic mass is 35.5. The summed E-state index contributed by atoms with van der Waals surface area (Å²) < 4.78 is 11.3. The van der Waals surface area contributed by atoms with Crippen LogP contribution in [-0.4, -0.2) is 46.0 Å². The van der Waals surface area contributed by atoms with Gasteiger partial charge >= 0.3 is 6.09 Å². The fourth-order valence-electron chi connectivity index (χ4n) is 3.35. The van der Waals surface area contributed by atoms with Gasteiger partial charge in [0.2, 0.25) is 5.88 Å². The highest BCUT2D eigenvalue weighted by molar-refractivity contribution is 6.29. The van der Waals surface area contributed by atoms with Gasteiger partial charge in [-0.1, -0.05) is 11.6 Å². The van der Waals surface area contributed by atoms with Gasteiger partial charge in [0, 0.05) is 19.2 Å². The smallest absolute Gasteiger partial charge is 0.410 e. The zero-order valence-corrected chi connectivity index (χ0v) is 14.4. The van der Waals surface area contributed by atoms with Gasteiger partial charge in [0.15, 0.2) is 5.15 Å². The minimum Gasteiger partial charge on any atom is -0.473 e. The lowest BCUT2D eigenvalue weighted by molar-refractivity contribution is 0.0271. The van der Waals surface area contributed by atoms with Crippen LogP contribution >= 0.6 is 11.6 Å². The number of carbonyl (C=O) groups is 1. The second kappa shape index (κ2) is 6.15. The van der Waals surface area contributed by atoms with E-state index in [2.05, 4.69) is 10.2 Å². The van der Waals surface area contributed by atoms with Crippen molar-refractivity contribution in [2.24, 2.45) is 11.8 Å². The molecule has 2 heterocycles. The Morgan fingerprint density at radius 2 is 1.87 bits per heavy atom. The third kappa shape index (κ3) is 4.05. The second-order valence-electron chi connectivity index (χ2n) is 7.31. The molecule has 0 N–H and O–H groups in total. The number of likely N-dealkylation sites (tertiary alicyclic amines) is 1. The minimum atomic E-state index is -0.451. The molecule has 1 aromatic rings. The Kier molecular flexibility index (Phi) is 4.36. The second-order valence-corrected chi connectivity index (χ2v) is 7.70. The molecular weight excluding hydrogens is 318 g/mol. The fourth-order valence-corrected chi connectivity index (χ4v) is 3.45. The molecule has 126 valence electrons. The molecular formula is C16H22ClN3O3.